The lowest BCUT2D eigenvalue weighted by atomic mass is 9.99. The van der Waals surface area contributed by atoms with Crippen LogP contribution in [0.3, 0.4) is 0 Å². The van der Waals surface area contributed by atoms with Crippen LogP contribution in [0.25, 0.3) is 98.4 Å². The van der Waals surface area contributed by atoms with Crippen LogP contribution >= 0.6 is 0 Å². The van der Waals surface area contributed by atoms with E-state index in [1.54, 1.807) is 0 Å². The van der Waals surface area contributed by atoms with Gasteiger partial charge in [0.25, 0.3) is 0 Å². The van der Waals surface area contributed by atoms with Crippen molar-refractivity contribution in [2.24, 2.45) is 0 Å². The van der Waals surface area contributed by atoms with E-state index < -0.39 is 0 Å². The molecule has 256 valence electrons. The van der Waals surface area contributed by atoms with Crippen LogP contribution in [0.2, 0.25) is 0 Å². The van der Waals surface area contributed by atoms with Crippen molar-refractivity contribution in [1.82, 2.24) is 9.13 Å². The molecule has 0 spiro atoms. The molecule has 0 unspecified atom stereocenters. The van der Waals surface area contributed by atoms with Crippen LogP contribution in [0, 0.1) is 0 Å². The summed E-state index contributed by atoms with van der Waals surface area (Å²) < 4.78 is 4.91. The van der Waals surface area contributed by atoms with E-state index in [1.165, 1.54) is 117 Å². The Morgan fingerprint density at radius 3 is 1.91 bits per heavy atom. The second-order valence-electron chi connectivity index (χ2n) is 14.8. The van der Waals surface area contributed by atoms with Gasteiger partial charge in [-0.2, -0.15) is 0 Å². The Morgan fingerprint density at radius 2 is 1.06 bits per heavy atom. The van der Waals surface area contributed by atoms with Gasteiger partial charge in [-0.05, 0) is 111 Å². The third-order valence-corrected chi connectivity index (χ3v) is 11.6. The lowest BCUT2D eigenvalue weighted by Gasteiger charge is -2.13. The van der Waals surface area contributed by atoms with Gasteiger partial charge >= 0.3 is 0 Å². The van der Waals surface area contributed by atoms with Crippen LogP contribution in [0.15, 0.2) is 176 Å². The lowest BCUT2D eigenvalue weighted by Crippen LogP contribution is -1.96. The smallest absolute Gasteiger partial charge is 0.0547 e. The van der Waals surface area contributed by atoms with Crippen LogP contribution in [0.5, 0.6) is 0 Å². The molecule has 2 nitrogen and oxygen atoms in total. The molecule has 54 heavy (non-hydrogen) atoms. The van der Waals surface area contributed by atoms with Crippen LogP contribution < -0.4 is 0 Å². The third kappa shape index (κ3) is 4.73. The number of fused-ring (bicyclic) bond motifs is 10. The summed E-state index contributed by atoms with van der Waals surface area (Å²) in [7, 11) is 0. The summed E-state index contributed by atoms with van der Waals surface area (Å²) in [6.45, 7) is 2.26. The van der Waals surface area contributed by atoms with E-state index in [4.69, 9.17) is 0 Å². The number of hydrogen-bond acceptors (Lipinski definition) is 0. The molecular weight excluding hydrogens is 653 g/mol. The van der Waals surface area contributed by atoms with E-state index in [2.05, 4.69) is 192 Å². The molecule has 0 amide bonds. The topological polar surface area (TPSA) is 9.86 Å². The summed E-state index contributed by atoms with van der Waals surface area (Å²) in [6, 6.07) is 65.6. The lowest BCUT2D eigenvalue weighted by molar-refractivity contribution is 0.796. The molecule has 11 rings (SSSR count). The summed E-state index contributed by atoms with van der Waals surface area (Å²) in [5.41, 5.74) is 11.1. The molecule has 0 aliphatic carbocycles. The van der Waals surface area contributed by atoms with Gasteiger partial charge in [0, 0.05) is 32.6 Å². The molecular formula is C52H38N2. The Kier molecular flexibility index (Phi) is 7.00. The zero-order valence-electron chi connectivity index (χ0n) is 30.3. The third-order valence-electron chi connectivity index (χ3n) is 11.6. The van der Waals surface area contributed by atoms with Crippen molar-refractivity contribution in [3.05, 3.63) is 181 Å². The maximum Gasteiger partial charge on any atom is 0.0547 e. The number of para-hydroxylation sites is 1. The standard InChI is InChI=1S/C52H38N2/c1-2-3-11-34-20-26-42-40(30-34)15-10-19-47(42)54-50-28-24-39(33-46(50)52-43-16-7-6-13-36(43)22-29-51(52)54)38-23-27-49-45(32-38)44-17-8-9-18-48(44)53(49)41-25-21-35-12-4-5-14-37(35)31-41/h4-10,12-33H,2-3,11H2,1H3. The monoisotopic (exact) mass is 690 g/mol. The normalized spacial score (nSPS) is 12.0. The second kappa shape index (κ2) is 12.2. The van der Waals surface area contributed by atoms with E-state index in [9.17, 15) is 0 Å². The van der Waals surface area contributed by atoms with Crippen molar-refractivity contribution in [3.8, 4) is 22.5 Å². The quantitative estimate of drug-likeness (QED) is 0.164. The SMILES string of the molecule is CCCCc1ccc2c(-n3c4ccc(-c5ccc6c(c5)c5ccccc5n6-c5ccc6ccccc6c5)cc4c4c5ccccc5ccc43)cccc2c1. The number of unbranched alkanes of at least 4 members (excludes halogenated alkanes) is 1. The molecule has 0 radical (unpaired) electrons. The maximum atomic E-state index is 2.50. The number of hydrogen-bond donors (Lipinski definition) is 0. The predicted octanol–water partition coefficient (Wildman–Crippen LogP) is 14.3. The van der Waals surface area contributed by atoms with Crippen LogP contribution in [0.4, 0.5) is 0 Å². The zero-order chi connectivity index (χ0) is 35.8. The van der Waals surface area contributed by atoms with Crippen LogP contribution in [-0.4, -0.2) is 9.13 Å². The van der Waals surface area contributed by atoms with E-state index in [-0.39, 0.29) is 0 Å². The predicted molar refractivity (Wildman–Crippen MR) is 232 cm³/mol. The first-order chi connectivity index (χ1) is 26.7. The molecule has 0 aliphatic rings. The summed E-state index contributed by atoms with van der Waals surface area (Å²) in [5, 5.41) is 12.7. The van der Waals surface area contributed by atoms with E-state index in [0.29, 0.717) is 0 Å². The van der Waals surface area contributed by atoms with Crippen molar-refractivity contribution in [1.29, 1.82) is 0 Å². The van der Waals surface area contributed by atoms with Crippen molar-refractivity contribution >= 4 is 75.9 Å². The van der Waals surface area contributed by atoms with E-state index in [0.717, 1.165) is 6.42 Å². The fourth-order valence-corrected chi connectivity index (χ4v) is 9.02. The largest absolute Gasteiger partial charge is 0.309 e. The molecule has 0 bridgehead atoms. The first-order valence-corrected chi connectivity index (χ1v) is 19.2. The molecule has 2 heteroatoms. The van der Waals surface area contributed by atoms with Gasteiger partial charge in [0.1, 0.15) is 0 Å². The van der Waals surface area contributed by atoms with Gasteiger partial charge in [-0.3, -0.25) is 0 Å². The Morgan fingerprint density at radius 1 is 0.389 bits per heavy atom. The summed E-state index contributed by atoms with van der Waals surface area (Å²) in [4.78, 5) is 0. The number of aryl methyl sites for hydroxylation is 1. The Balaban J connectivity index is 1.13. The Labute approximate surface area is 314 Å². The van der Waals surface area contributed by atoms with Gasteiger partial charge in [-0.15, -0.1) is 0 Å². The Bertz CT molecular complexity index is 3260. The minimum absolute atomic E-state index is 1.12. The molecule has 11 aromatic rings. The Hall–Kier alpha value is -6.64. The van der Waals surface area contributed by atoms with Gasteiger partial charge < -0.3 is 9.13 Å². The zero-order valence-corrected chi connectivity index (χ0v) is 30.3. The summed E-state index contributed by atoms with van der Waals surface area (Å²) in [5.74, 6) is 0. The highest BCUT2D eigenvalue weighted by Gasteiger charge is 2.19. The molecule has 2 aromatic heterocycles. The van der Waals surface area contributed by atoms with Crippen molar-refractivity contribution in [2.75, 3.05) is 0 Å². The second-order valence-corrected chi connectivity index (χ2v) is 14.8. The highest BCUT2D eigenvalue weighted by atomic mass is 15.0. The fourth-order valence-electron chi connectivity index (χ4n) is 9.02. The highest BCUT2D eigenvalue weighted by Crippen LogP contribution is 2.41. The first kappa shape index (κ1) is 30.9. The van der Waals surface area contributed by atoms with Gasteiger partial charge in [-0.25, -0.2) is 0 Å². The van der Waals surface area contributed by atoms with Gasteiger partial charge in [0.15, 0.2) is 0 Å². The molecule has 0 saturated carbocycles. The minimum Gasteiger partial charge on any atom is -0.309 e. The van der Waals surface area contributed by atoms with Gasteiger partial charge in [0.2, 0.25) is 0 Å². The number of nitrogens with zero attached hydrogens (tertiary/aromatic N) is 2. The molecule has 2 heterocycles. The summed E-state index contributed by atoms with van der Waals surface area (Å²) >= 11 is 0. The number of benzene rings is 9. The van der Waals surface area contributed by atoms with Crippen molar-refractivity contribution in [2.45, 2.75) is 26.2 Å². The van der Waals surface area contributed by atoms with E-state index >= 15 is 0 Å². The van der Waals surface area contributed by atoms with Gasteiger partial charge in [0.05, 0.1) is 27.8 Å². The highest BCUT2D eigenvalue weighted by molar-refractivity contribution is 6.22. The molecule has 0 atom stereocenters. The average Bonchev–Trinajstić information content (AvgIpc) is 3.74. The van der Waals surface area contributed by atoms with Crippen LogP contribution in [0.1, 0.15) is 25.3 Å². The molecule has 0 saturated heterocycles. The number of rotatable bonds is 6. The molecule has 0 aliphatic heterocycles. The van der Waals surface area contributed by atoms with E-state index in [1.807, 2.05) is 0 Å². The first-order valence-electron chi connectivity index (χ1n) is 19.2. The van der Waals surface area contributed by atoms with Gasteiger partial charge in [-0.1, -0.05) is 135 Å². The fraction of sp³-hybridized carbons (Fsp3) is 0.0769. The number of aromatic nitrogens is 2. The van der Waals surface area contributed by atoms with Crippen LogP contribution in [-0.2, 0) is 6.42 Å². The van der Waals surface area contributed by atoms with Crippen molar-refractivity contribution in [3.63, 3.8) is 0 Å². The molecule has 9 aromatic carbocycles. The molecule has 0 fully saturated rings. The van der Waals surface area contributed by atoms with Crippen molar-refractivity contribution < 1.29 is 0 Å². The molecule has 0 N–H and O–H groups in total. The average molecular weight is 691 g/mol. The summed E-state index contributed by atoms with van der Waals surface area (Å²) in [6.07, 6.45) is 3.54. The maximum absolute atomic E-state index is 2.50. The minimum atomic E-state index is 1.12.